The fourth-order valence-corrected chi connectivity index (χ4v) is 3.02. The SMILES string of the molecule is OC[C@H]1O[C@@]2(CO[C@]3(CO)O[C@H](CO2)[C@@H](O)[C@@H]3O)[C@@H](O)[C@@H]1O. The molecule has 0 saturated carbocycles. The molecule has 0 aliphatic carbocycles. The van der Waals surface area contributed by atoms with Crippen LogP contribution in [-0.4, -0.2) is 105 Å². The lowest BCUT2D eigenvalue weighted by Crippen LogP contribution is -2.56. The first-order valence-corrected chi connectivity index (χ1v) is 6.96. The Morgan fingerprint density at radius 1 is 0.909 bits per heavy atom. The van der Waals surface area contributed by atoms with Crippen LogP contribution < -0.4 is 0 Å². The van der Waals surface area contributed by atoms with Crippen molar-refractivity contribution in [2.45, 2.75) is 48.2 Å². The summed E-state index contributed by atoms with van der Waals surface area (Å²) < 4.78 is 21.5. The highest BCUT2D eigenvalue weighted by molar-refractivity contribution is 5.02. The Kier molecular flexibility index (Phi) is 4.19. The maximum atomic E-state index is 10.2. The second-order valence-corrected chi connectivity index (χ2v) is 5.75. The van der Waals surface area contributed by atoms with E-state index >= 15 is 0 Å². The molecule has 0 aromatic rings. The third-order valence-electron chi connectivity index (χ3n) is 4.42. The molecule has 10 heteroatoms. The number of aliphatic hydroxyl groups is 6. The summed E-state index contributed by atoms with van der Waals surface area (Å²) in [6, 6.07) is 0. The van der Waals surface area contributed by atoms with Crippen LogP contribution in [0.1, 0.15) is 0 Å². The van der Waals surface area contributed by atoms with Crippen molar-refractivity contribution in [2.75, 3.05) is 26.4 Å². The van der Waals surface area contributed by atoms with Crippen LogP contribution in [0.5, 0.6) is 0 Å². The summed E-state index contributed by atoms with van der Waals surface area (Å²) in [5.41, 5.74) is 0. The lowest BCUT2D eigenvalue weighted by molar-refractivity contribution is -0.363. The molecule has 0 aromatic carbocycles. The van der Waals surface area contributed by atoms with Crippen molar-refractivity contribution in [2.24, 2.45) is 0 Å². The largest absolute Gasteiger partial charge is 0.394 e. The molecule has 3 rings (SSSR count). The average Bonchev–Trinajstić information content (AvgIpc) is 2.91. The van der Waals surface area contributed by atoms with Gasteiger partial charge in [-0.1, -0.05) is 0 Å². The van der Waals surface area contributed by atoms with Gasteiger partial charge < -0.3 is 49.6 Å². The zero-order valence-electron chi connectivity index (χ0n) is 11.6. The molecule has 3 heterocycles. The number of fused-ring (bicyclic) bond motifs is 2. The van der Waals surface area contributed by atoms with Gasteiger partial charge in [0, 0.05) is 0 Å². The van der Waals surface area contributed by atoms with E-state index in [-0.39, 0.29) is 6.61 Å². The van der Waals surface area contributed by atoms with Crippen LogP contribution in [0.25, 0.3) is 0 Å². The topological polar surface area (TPSA) is 158 Å². The van der Waals surface area contributed by atoms with Crippen LogP contribution >= 0.6 is 0 Å². The van der Waals surface area contributed by atoms with Crippen LogP contribution in [-0.2, 0) is 18.9 Å². The van der Waals surface area contributed by atoms with E-state index in [4.69, 9.17) is 24.1 Å². The van der Waals surface area contributed by atoms with Gasteiger partial charge in [0.25, 0.3) is 0 Å². The molecule has 1 spiro atoms. The van der Waals surface area contributed by atoms with E-state index in [0.717, 1.165) is 0 Å². The van der Waals surface area contributed by atoms with Gasteiger partial charge in [-0.25, -0.2) is 0 Å². The molecule has 6 N–H and O–H groups in total. The summed E-state index contributed by atoms with van der Waals surface area (Å²) in [6.45, 7) is -2.04. The lowest BCUT2D eigenvalue weighted by atomic mass is 10.1. The molecule has 3 saturated heterocycles. The molecule has 22 heavy (non-hydrogen) atoms. The Labute approximate surface area is 125 Å². The first-order valence-electron chi connectivity index (χ1n) is 6.96. The highest BCUT2D eigenvalue weighted by atomic mass is 16.8. The average molecular weight is 324 g/mol. The zero-order chi connectivity index (χ0) is 16.1. The van der Waals surface area contributed by atoms with Crippen molar-refractivity contribution < 1.29 is 49.6 Å². The van der Waals surface area contributed by atoms with Gasteiger partial charge in [0.2, 0.25) is 11.6 Å². The smallest absolute Gasteiger partial charge is 0.222 e. The van der Waals surface area contributed by atoms with E-state index in [9.17, 15) is 25.5 Å². The number of ether oxygens (including phenoxy) is 4. The number of rotatable bonds is 2. The monoisotopic (exact) mass is 324 g/mol. The van der Waals surface area contributed by atoms with Crippen molar-refractivity contribution in [1.82, 2.24) is 0 Å². The van der Waals surface area contributed by atoms with E-state index in [0.29, 0.717) is 0 Å². The molecule has 0 radical (unpaired) electrons. The van der Waals surface area contributed by atoms with E-state index in [2.05, 4.69) is 0 Å². The second kappa shape index (κ2) is 5.60. The van der Waals surface area contributed by atoms with Crippen LogP contribution in [0, 0.1) is 0 Å². The van der Waals surface area contributed by atoms with Gasteiger partial charge in [-0.3, -0.25) is 0 Å². The Morgan fingerprint density at radius 3 is 2.23 bits per heavy atom. The highest BCUT2D eigenvalue weighted by Gasteiger charge is 2.62. The van der Waals surface area contributed by atoms with Gasteiger partial charge in [-0.2, -0.15) is 0 Å². The summed E-state index contributed by atoms with van der Waals surface area (Å²) in [7, 11) is 0. The molecule has 3 aliphatic heterocycles. The molecule has 0 unspecified atom stereocenters. The Balaban J connectivity index is 1.86. The van der Waals surface area contributed by atoms with Gasteiger partial charge in [0.15, 0.2) is 0 Å². The maximum absolute atomic E-state index is 10.2. The number of hydrogen-bond acceptors (Lipinski definition) is 10. The summed E-state index contributed by atoms with van der Waals surface area (Å²) in [5, 5.41) is 58.6. The molecule has 3 fully saturated rings. The third kappa shape index (κ3) is 2.19. The minimum Gasteiger partial charge on any atom is -0.394 e. The van der Waals surface area contributed by atoms with E-state index in [1.165, 1.54) is 0 Å². The van der Waals surface area contributed by atoms with Crippen LogP contribution in [0.4, 0.5) is 0 Å². The standard InChI is InChI=1S/C12H20O10/c13-1-5-7(15)10(18)12(21-5)4-20-11(3-14)9(17)8(16)6(22-11)2-19-12/h5-10,13-18H,1-4H2/t5-,6-,7-,8-,9+,10+,11-,12+/m1/s1. The maximum Gasteiger partial charge on any atom is 0.222 e. The molecular weight excluding hydrogens is 304 g/mol. The van der Waals surface area contributed by atoms with E-state index < -0.39 is 68.0 Å². The van der Waals surface area contributed by atoms with Crippen molar-refractivity contribution in [3.63, 3.8) is 0 Å². The summed E-state index contributed by atoms with van der Waals surface area (Å²) >= 11 is 0. The van der Waals surface area contributed by atoms with E-state index in [1.54, 1.807) is 0 Å². The minimum absolute atomic E-state index is 0.273. The van der Waals surface area contributed by atoms with Gasteiger partial charge in [-0.05, 0) is 0 Å². The van der Waals surface area contributed by atoms with Crippen LogP contribution in [0.3, 0.4) is 0 Å². The van der Waals surface area contributed by atoms with Gasteiger partial charge in [0.05, 0.1) is 13.2 Å². The molecule has 0 aromatic heterocycles. The highest BCUT2D eigenvalue weighted by Crippen LogP contribution is 2.40. The van der Waals surface area contributed by atoms with Crippen molar-refractivity contribution in [1.29, 1.82) is 0 Å². The fraction of sp³-hybridized carbons (Fsp3) is 1.00. The van der Waals surface area contributed by atoms with Crippen LogP contribution in [0.15, 0.2) is 0 Å². The van der Waals surface area contributed by atoms with Crippen molar-refractivity contribution in [3.8, 4) is 0 Å². The molecular formula is C12H20O10. The van der Waals surface area contributed by atoms with Crippen molar-refractivity contribution in [3.05, 3.63) is 0 Å². The van der Waals surface area contributed by atoms with Crippen LogP contribution in [0.2, 0.25) is 0 Å². The fourth-order valence-electron chi connectivity index (χ4n) is 3.02. The van der Waals surface area contributed by atoms with E-state index in [1.807, 2.05) is 0 Å². The predicted molar refractivity (Wildman–Crippen MR) is 65.3 cm³/mol. The summed E-state index contributed by atoms with van der Waals surface area (Å²) in [4.78, 5) is 0. The Bertz CT molecular complexity index is 421. The van der Waals surface area contributed by atoms with Gasteiger partial charge in [-0.15, -0.1) is 0 Å². The number of aliphatic hydroxyl groups excluding tert-OH is 6. The lowest BCUT2D eigenvalue weighted by Gasteiger charge is -2.39. The van der Waals surface area contributed by atoms with Gasteiger partial charge in [0.1, 0.15) is 49.8 Å². The quantitative estimate of drug-likeness (QED) is 0.293. The second-order valence-electron chi connectivity index (χ2n) is 5.75. The molecule has 3 aliphatic rings. The molecule has 0 amide bonds. The normalized spacial score (nSPS) is 55.4. The summed E-state index contributed by atoms with van der Waals surface area (Å²) in [6.07, 6.45) is -7.88. The molecule has 8 atom stereocenters. The Morgan fingerprint density at radius 2 is 1.64 bits per heavy atom. The molecule has 128 valence electrons. The number of hydrogen-bond donors (Lipinski definition) is 6. The first-order chi connectivity index (χ1) is 10.4. The summed E-state index contributed by atoms with van der Waals surface area (Å²) in [5.74, 6) is -3.66. The zero-order valence-corrected chi connectivity index (χ0v) is 11.6. The Hall–Kier alpha value is -0.400. The molecule has 2 bridgehead atoms. The minimum atomic E-state index is -1.87. The third-order valence-corrected chi connectivity index (χ3v) is 4.42. The van der Waals surface area contributed by atoms with Gasteiger partial charge >= 0.3 is 0 Å². The molecule has 10 nitrogen and oxygen atoms in total. The van der Waals surface area contributed by atoms with Crippen molar-refractivity contribution >= 4 is 0 Å². The predicted octanol–water partition coefficient (Wildman–Crippen LogP) is -4.35. The first kappa shape index (κ1) is 16.5.